The van der Waals surface area contributed by atoms with E-state index in [1.165, 1.54) is 0 Å². The predicted molar refractivity (Wildman–Crippen MR) is 105 cm³/mol. The number of allylic oxidation sites excluding steroid dienone is 5. The summed E-state index contributed by atoms with van der Waals surface area (Å²) in [7, 11) is 0. The van der Waals surface area contributed by atoms with Crippen molar-refractivity contribution in [1.29, 1.82) is 0 Å². The van der Waals surface area contributed by atoms with Crippen molar-refractivity contribution >= 4 is 11.9 Å². The van der Waals surface area contributed by atoms with Crippen molar-refractivity contribution in [2.24, 2.45) is 29.1 Å². The summed E-state index contributed by atoms with van der Waals surface area (Å²) in [5.74, 6) is -1.68. The van der Waals surface area contributed by atoms with Crippen molar-refractivity contribution in [2.75, 3.05) is 0 Å². The summed E-state index contributed by atoms with van der Waals surface area (Å²) < 4.78 is 0. The summed E-state index contributed by atoms with van der Waals surface area (Å²) in [5.41, 5.74) is -0.454. The standard InChI is InChI=1S/C22H34O4/c1-14(2)11-17-9-7-8-10-22(17,13-16(5)6)18(12-15(3)4)19(20(23)24)21(25)26/h7-10,14-17H,11-13H2,1-6H3,(H,23,24)(H,25,26). The number of rotatable bonds is 9. The molecule has 146 valence electrons. The molecule has 0 fully saturated rings. The molecule has 1 rings (SSSR count). The Morgan fingerprint density at radius 3 is 1.92 bits per heavy atom. The van der Waals surface area contributed by atoms with Crippen LogP contribution in [0.1, 0.15) is 60.8 Å². The molecule has 1 aliphatic carbocycles. The molecule has 0 radical (unpaired) electrons. The van der Waals surface area contributed by atoms with E-state index in [0.717, 1.165) is 12.8 Å². The zero-order valence-corrected chi connectivity index (χ0v) is 17.0. The third kappa shape index (κ3) is 5.33. The Labute approximate surface area is 157 Å². The normalized spacial score (nSPS) is 22.3. The molecule has 4 nitrogen and oxygen atoms in total. The number of hydrogen-bond acceptors (Lipinski definition) is 2. The van der Waals surface area contributed by atoms with Crippen molar-refractivity contribution in [2.45, 2.75) is 60.8 Å². The Morgan fingerprint density at radius 1 is 0.923 bits per heavy atom. The fourth-order valence-corrected chi connectivity index (χ4v) is 4.14. The van der Waals surface area contributed by atoms with Gasteiger partial charge in [-0.1, -0.05) is 65.8 Å². The average molecular weight is 363 g/mol. The van der Waals surface area contributed by atoms with Crippen LogP contribution in [0, 0.1) is 29.1 Å². The molecule has 0 bridgehead atoms. The highest BCUT2D eigenvalue weighted by Crippen LogP contribution is 2.51. The van der Waals surface area contributed by atoms with Crippen molar-refractivity contribution in [1.82, 2.24) is 0 Å². The summed E-state index contributed by atoms with van der Waals surface area (Å²) in [4.78, 5) is 23.8. The van der Waals surface area contributed by atoms with Crippen molar-refractivity contribution < 1.29 is 19.8 Å². The molecule has 26 heavy (non-hydrogen) atoms. The fourth-order valence-electron chi connectivity index (χ4n) is 4.14. The minimum absolute atomic E-state index is 0.0948. The Kier molecular flexibility index (Phi) is 7.86. The predicted octanol–water partition coefficient (Wildman–Crippen LogP) is 5.32. The molecular weight excluding hydrogens is 328 g/mol. The van der Waals surface area contributed by atoms with E-state index in [4.69, 9.17) is 0 Å². The first-order valence-electron chi connectivity index (χ1n) is 9.57. The third-order valence-electron chi connectivity index (χ3n) is 4.88. The maximum atomic E-state index is 11.9. The van der Waals surface area contributed by atoms with Crippen LogP contribution >= 0.6 is 0 Å². The first-order chi connectivity index (χ1) is 12.0. The minimum atomic E-state index is -1.34. The lowest BCUT2D eigenvalue weighted by Gasteiger charge is -2.44. The summed E-state index contributed by atoms with van der Waals surface area (Å²) in [5, 5.41) is 19.4. The second kappa shape index (κ2) is 9.20. The van der Waals surface area contributed by atoms with Gasteiger partial charge in [0.15, 0.2) is 0 Å². The van der Waals surface area contributed by atoms with E-state index in [1.807, 2.05) is 26.0 Å². The summed E-state index contributed by atoms with van der Waals surface area (Å²) in [6, 6.07) is 0. The van der Waals surface area contributed by atoms with E-state index in [2.05, 4.69) is 39.8 Å². The van der Waals surface area contributed by atoms with E-state index < -0.39 is 22.9 Å². The van der Waals surface area contributed by atoms with E-state index in [1.54, 1.807) is 0 Å². The van der Waals surface area contributed by atoms with Gasteiger partial charge in [0, 0.05) is 5.41 Å². The lowest BCUT2D eigenvalue weighted by Crippen LogP contribution is -2.37. The van der Waals surface area contributed by atoms with Gasteiger partial charge in [0.05, 0.1) is 0 Å². The van der Waals surface area contributed by atoms with Gasteiger partial charge in [0.2, 0.25) is 0 Å². The van der Waals surface area contributed by atoms with Crippen LogP contribution in [-0.4, -0.2) is 22.2 Å². The maximum absolute atomic E-state index is 11.9. The topological polar surface area (TPSA) is 74.6 Å². The molecule has 1 aliphatic rings. The van der Waals surface area contributed by atoms with Gasteiger partial charge in [-0.3, -0.25) is 0 Å². The zero-order valence-electron chi connectivity index (χ0n) is 17.0. The number of carboxylic acid groups (broad SMARTS) is 2. The van der Waals surface area contributed by atoms with Gasteiger partial charge in [0.25, 0.3) is 0 Å². The molecule has 0 saturated heterocycles. The molecule has 0 aliphatic heterocycles. The highest BCUT2D eigenvalue weighted by Gasteiger charge is 2.44. The van der Waals surface area contributed by atoms with Crippen LogP contribution in [0.15, 0.2) is 35.5 Å². The van der Waals surface area contributed by atoms with Crippen LogP contribution in [-0.2, 0) is 9.59 Å². The molecular formula is C22H34O4. The number of hydrogen-bond donors (Lipinski definition) is 2. The number of aliphatic carboxylic acids is 2. The molecule has 2 N–H and O–H groups in total. The molecule has 0 aromatic rings. The molecule has 0 saturated carbocycles. The van der Waals surface area contributed by atoms with Gasteiger partial charge in [-0.05, 0) is 48.5 Å². The molecule has 0 aromatic heterocycles. The van der Waals surface area contributed by atoms with Crippen LogP contribution < -0.4 is 0 Å². The SMILES string of the molecule is CC(C)CC(=C(C(=O)O)C(=O)O)C1(CC(C)C)C=CC=CC1CC(C)C. The molecule has 0 aromatic carbocycles. The second-order valence-electron chi connectivity index (χ2n) is 8.68. The van der Waals surface area contributed by atoms with E-state index in [0.29, 0.717) is 23.8 Å². The van der Waals surface area contributed by atoms with E-state index >= 15 is 0 Å². The lowest BCUT2D eigenvalue weighted by molar-refractivity contribution is -0.140. The van der Waals surface area contributed by atoms with E-state index in [9.17, 15) is 19.8 Å². The fraction of sp³-hybridized carbons (Fsp3) is 0.636. The van der Waals surface area contributed by atoms with Gasteiger partial charge in [0.1, 0.15) is 5.57 Å². The van der Waals surface area contributed by atoms with Crippen LogP contribution in [0.25, 0.3) is 0 Å². The van der Waals surface area contributed by atoms with Crippen LogP contribution in [0.4, 0.5) is 0 Å². The molecule has 2 unspecified atom stereocenters. The molecule has 0 spiro atoms. The van der Waals surface area contributed by atoms with Gasteiger partial charge in [-0.15, -0.1) is 0 Å². The van der Waals surface area contributed by atoms with Crippen LogP contribution in [0.5, 0.6) is 0 Å². The summed E-state index contributed by atoms with van der Waals surface area (Å²) in [6.07, 6.45) is 10.2. The molecule has 2 atom stereocenters. The van der Waals surface area contributed by atoms with Gasteiger partial charge < -0.3 is 10.2 Å². The Bertz CT molecular complexity index is 592. The van der Waals surface area contributed by atoms with Crippen LogP contribution in [0.3, 0.4) is 0 Å². The molecule has 0 heterocycles. The lowest BCUT2D eigenvalue weighted by atomic mass is 9.59. The summed E-state index contributed by atoms with van der Waals surface area (Å²) >= 11 is 0. The molecule has 0 amide bonds. The quantitative estimate of drug-likeness (QED) is 0.331. The van der Waals surface area contributed by atoms with Gasteiger partial charge in [-0.25, -0.2) is 9.59 Å². The highest BCUT2D eigenvalue weighted by atomic mass is 16.4. The average Bonchev–Trinajstić information content (AvgIpc) is 2.46. The maximum Gasteiger partial charge on any atom is 0.343 e. The Hall–Kier alpha value is -1.84. The largest absolute Gasteiger partial charge is 0.477 e. The van der Waals surface area contributed by atoms with Crippen LogP contribution in [0.2, 0.25) is 0 Å². The zero-order chi connectivity index (χ0) is 20.1. The van der Waals surface area contributed by atoms with Crippen molar-refractivity contribution in [3.8, 4) is 0 Å². The minimum Gasteiger partial charge on any atom is -0.477 e. The van der Waals surface area contributed by atoms with Gasteiger partial charge in [-0.2, -0.15) is 0 Å². The smallest absolute Gasteiger partial charge is 0.343 e. The van der Waals surface area contributed by atoms with Gasteiger partial charge >= 0.3 is 11.9 Å². The third-order valence-corrected chi connectivity index (χ3v) is 4.88. The Balaban J connectivity index is 3.75. The summed E-state index contributed by atoms with van der Waals surface area (Å²) in [6.45, 7) is 12.5. The van der Waals surface area contributed by atoms with Crippen molar-refractivity contribution in [3.63, 3.8) is 0 Å². The molecule has 4 heteroatoms. The number of carboxylic acids is 2. The van der Waals surface area contributed by atoms with Crippen molar-refractivity contribution in [3.05, 3.63) is 35.5 Å². The second-order valence-corrected chi connectivity index (χ2v) is 8.68. The highest BCUT2D eigenvalue weighted by molar-refractivity contribution is 6.13. The first kappa shape index (κ1) is 22.2. The number of carbonyl (C=O) groups is 2. The monoisotopic (exact) mass is 362 g/mol. The van der Waals surface area contributed by atoms with E-state index in [-0.39, 0.29) is 11.8 Å². The first-order valence-corrected chi connectivity index (χ1v) is 9.57. The Morgan fingerprint density at radius 2 is 1.50 bits per heavy atom.